The molecule has 0 radical (unpaired) electrons. The minimum absolute atomic E-state index is 0.363. The SMILES string of the molecule is CCC(CC)(OC)c1nc(C)cc(NC)n1. The van der Waals surface area contributed by atoms with Crippen LogP contribution in [0, 0.1) is 6.92 Å². The molecule has 0 aromatic carbocycles. The number of anilines is 1. The fraction of sp³-hybridized carbons (Fsp3) is 0.667. The summed E-state index contributed by atoms with van der Waals surface area (Å²) in [5.41, 5.74) is 0.593. The summed E-state index contributed by atoms with van der Waals surface area (Å²) >= 11 is 0. The molecule has 0 saturated carbocycles. The number of hydrogen-bond acceptors (Lipinski definition) is 4. The quantitative estimate of drug-likeness (QED) is 0.833. The molecule has 0 spiro atoms. The van der Waals surface area contributed by atoms with Gasteiger partial charge in [-0.25, -0.2) is 9.97 Å². The predicted octanol–water partition coefficient (Wildman–Crippen LogP) is 2.49. The largest absolute Gasteiger partial charge is 0.373 e. The molecule has 0 aliphatic carbocycles. The zero-order chi connectivity index (χ0) is 12.2. The molecular weight excluding hydrogens is 202 g/mol. The molecule has 1 rings (SSSR count). The van der Waals surface area contributed by atoms with Crippen molar-refractivity contribution in [2.45, 2.75) is 39.2 Å². The van der Waals surface area contributed by atoms with Crippen LogP contribution in [0.1, 0.15) is 38.2 Å². The molecule has 0 aliphatic rings. The molecule has 90 valence electrons. The third-order valence-electron chi connectivity index (χ3n) is 3.05. The van der Waals surface area contributed by atoms with Crippen LogP contribution in [0.25, 0.3) is 0 Å². The molecule has 0 atom stereocenters. The monoisotopic (exact) mass is 223 g/mol. The third kappa shape index (κ3) is 2.32. The van der Waals surface area contributed by atoms with Crippen molar-refractivity contribution in [2.24, 2.45) is 0 Å². The molecule has 1 N–H and O–H groups in total. The van der Waals surface area contributed by atoms with Gasteiger partial charge in [0, 0.05) is 25.9 Å². The van der Waals surface area contributed by atoms with Crippen molar-refractivity contribution in [1.29, 1.82) is 0 Å². The Morgan fingerprint density at radius 3 is 2.38 bits per heavy atom. The van der Waals surface area contributed by atoms with Crippen molar-refractivity contribution in [2.75, 3.05) is 19.5 Å². The van der Waals surface area contributed by atoms with Gasteiger partial charge in [0.25, 0.3) is 0 Å². The molecule has 0 amide bonds. The molecule has 4 nitrogen and oxygen atoms in total. The lowest BCUT2D eigenvalue weighted by Gasteiger charge is -2.28. The first-order valence-electron chi connectivity index (χ1n) is 5.71. The summed E-state index contributed by atoms with van der Waals surface area (Å²) in [6.45, 7) is 6.16. The molecule has 0 aliphatic heterocycles. The second-order valence-corrected chi connectivity index (χ2v) is 3.87. The molecule has 0 bridgehead atoms. The number of hydrogen-bond donors (Lipinski definition) is 1. The summed E-state index contributed by atoms with van der Waals surface area (Å²) in [5, 5.41) is 3.05. The summed E-state index contributed by atoms with van der Waals surface area (Å²) in [5.74, 6) is 1.61. The Hall–Kier alpha value is -1.16. The molecule has 16 heavy (non-hydrogen) atoms. The Bertz CT molecular complexity index is 340. The molecular formula is C12H21N3O. The van der Waals surface area contributed by atoms with Crippen LogP contribution in [0.3, 0.4) is 0 Å². The van der Waals surface area contributed by atoms with E-state index >= 15 is 0 Å². The van der Waals surface area contributed by atoms with Gasteiger partial charge in [0.2, 0.25) is 0 Å². The lowest BCUT2D eigenvalue weighted by atomic mass is 9.96. The van der Waals surface area contributed by atoms with E-state index in [1.54, 1.807) is 7.11 Å². The Kier molecular flexibility index (Phi) is 4.24. The van der Waals surface area contributed by atoms with Gasteiger partial charge in [-0.3, -0.25) is 0 Å². The maximum Gasteiger partial charge on any atom is 0.162 e. The van der Waals surface area contributed by atoms with Gasteiger partial charge in [-0.1, -0.05) is 13.8 Å². The highest BCUT2D eigenvalue weighted by molar-refractivity contribution is 5.35. The second-order valence-electron chi connectivity index (χ2n) is 3.87. The Labute approximate surface area is 97.5 Å². The maximum absolute atomic E-state index is 5.62. The van der Waals surface area contributed by atoms with Gasteiger partial charge in [0.15, 0.2) is 5.82 Å². The van der Waals surface area contributed by atoms with E-state index in [0.29, 0.717) is 0 Å². The zero-order valence-electron chi connectivity index (χ0n) is 10.8. The summed E-state index contributed by atoms with van der Waals surface area (Å²) in [7, 11) is 3.58. The van der Waals surface area contributed by atoms with Crippen LogP contribution in [-0.2, 0) is 10.3 Å². The maximum atomic E-state index is 5.62. The number of nitrogens with zero attached hydrogens (tertiary/aromatic N) is 2. The summed E-state index contributed by atoms with van der Waals surface area (Å²) in [4.78, 5) is 8.98. The van der Waals surface area contributed by atoms with E-state index in [1.165, 1.54) is 0 Å². The highest BCUT2D eigenvalue weighted by atomic mass is 16.5. The summed E-state index contributed by atoms with van der Waals surface area (Å²) in [6, 6.07) is 1.93. The Morgan fingerprint density at radius 1 is 1.31 bits per heavy atom. The van der Waals surface area contributed by atoms with Crippen molar-refractivity contribution in [3.05, 3.63) is 17.6 Å². The Morgan fingerprint density at radius 2 is 1.94 bits per heavy atom. The van der Waals surface area contributed by atoms with Crippen molar-refractivity contribution in [3.63, 3.8) is 0 Å². The second kappa shape index (κ2) is 5.25. The lowest BCUT2D eigenvalue weighted by Crippen LogP contribution is -2.30. The highest BCUT2D eigenvalue weighted by Gasteiger charge is 2.31. The van der Waals surface area contributed by atoms with Crippen molar-refractivity contribution >= 4 is 5.82 Å². The standard InChI is InChI=1S/C12H21N3O/c1-6-12(7-2,16-5)11-14-9(3)8-10(13-4)15-11/h8H,6-7H2,1-5H3,(H,13,14,15). The van der Waals surface area contributed by atoms with Crippen LogP contribution in [0.4, 0.5) is 5.82 Å². The van der Waals surface area contributed by atoms with E-state index in [2.05, 4.69) is 29.1 Å². The van der Waals surface area contributed by atoms with E-state index in [0.717, 1.165) is 30.2 Å². The van der Waals surface area contributed by atoms with Gasteiger partial charge < -0.3 is 10.1 Å². The summed E-state index contributed by atoms with van der Waals surface area (Å²) < 4.78 is 5.62. The van der Waals surface area contributed by atoms with Crippen molar-refractivity contribution < 1.29 is 4.74 Å². The lowest BCUT2D eigenvalue weighted by molar-refractivity contribution is -0.0291. The van der Waals surface area contributed by atoms with Crippen molar-refractivity contribution in [1.82, 2.24) is 9.97 Å². The van der Waals surface area contributed by atoms with Crippen molar-refractivity contribution in [3.8, 4) is 0 Å². The van der Waals surface area contributed by atoms with E-state index in [4.69, 9.17) is 4.74 Å². The molecule has 0 fully saturated rings. The molecule has 4 heteroatoms. The zero-order valence-corrected chi connectivity index (χ0v) is 10.8. The smallest absolute Gasteiger partial charge is 0.162 e. The molecule has 0 unspecified atom stereocenters. The summed E-state index contributed by atoms with van der Waals surface area (Å²) in [6.07, 6.45) is 1.74. The molecule has 0 saturated heterocycles. The third-order valence-corrected chi connectivity index (χ3v) is 3.05. The average Bonchev–Trinajstić information content (AvgIpc) is 2.31. The van der Waals surface area contributed by atoms with Crippen LogP contribution < -0.4 is 5.32 Å². The van der Waals surface area contributed by atoms with Gasteiger partial charge in [-0.05, 0) is 19.8 Å². The van der Waals surface area contributed by atoms with E-state index in [1.807, 2.05) is 20.0 Å². The molecule has 1 aromatic heterocycles. The topological polar surface area (TPSA) is 47.0 Å². The van der Waals surface area contributed by atoms with Crippen LogP contribution in [0.15, 0.2) is 6.07 Å². The number of ether oxygens (including phenoxy) is 1. The molecule has 1 aromatic rings. The number of nitrogens with one attached hydrogen (secondary N) is 1. The van der Waals surface area contributed by atoms with Gasteiger partial charge in [0.1, 0.15) is 11.4 Å². The van der Waals surface area contributed by atoms with Crippen LogP contribution >= 0.6 is 0 Å². The first-order chi connectivity index (χ1) is 7.61. The highest BCUT2D eigenvalue weighted by Crippen LogP contribution is 2.30. The van der Waals surface area contributed by atoms with Crippen LogP contribution in [0.5, 0.6) is 0 Å². The average molecular weight is 223 g/mol. The number of methoxy groups -OCH3 is 1. The molecule has 1 heterocycles. The first-order valence-corrected chi connectivity index (χ1v) is 5.71. The first kappa shape index (κ1) is 12.9. The van der Waals surface area contributed by atoms with Gasteiger partial charge >= 0.3 is 0 Å². The van der Waals surface area contributed by atoms with Crippen LogP contribution in [-0.4, -0.2) is 24.1 Å². The van der Waals surface area contributed by atoms with E-state index in [9.17, 15) is 0 Å². The fourth-order valence-electron chi connectivity index (χ4n) is 1.85. The fourth-order valence-corrected chi connectivity index (χ4v) is 1.85. The number of rotatable bonds is 5. The normalized spacial score (nSPS) is 11.6. The van der Waals surface area contributed by atoms with E-state index in [-0.39, 0.29) is 5.60 Å². The minimum atomic E-state index is -0.363. The van der Waals surface area contributed by atoms with E-state index < -0.39 is 0 Å². The van der Waals surface area contributed by atoms with Gasteiger partial charge in [-0.15, -0.1) is 0 Å². The number of aromatic nitrogens is 2. The Balaban J connectivity index is 3.23. The minimum Gasteiger partial charge on any atom is -0.373 e. The predicted molar refractivity (Wildman–Crippen MR) is 65.6 cm³/mol. The number of aryl methyl sites for hydroxylation is 1. The van der Waals surface area contributed by atoms with Crippen LogP contribution in [0.2, 0.25) is 0 Å². The van der Waals surface area contributed by atoms with Gasteiger partial charge in [0.05, 0.1) is 0 Å². The van der Waals surface area contributed by atoms with Gasteiger partial charge in [-0.2, -0.15) is 0 Å².